The Balaban J connectivity index is 2.83. The van der Waals surface area contributed by atoms with Crippen LogP contribution < -0.4 is 5.32 Å². The maximum Gasteiger partial charge on any atom is 0.407 e. The lowest BCUT2D eigenvalue weighted by Crippen LogP contribution is -2.44. The SMILES string of the molecule is COC(=O)[C@H](Cc1ccccc1Br)[C@@H](C)NC(=O)OC(C)(C)C. The van der Waals surface area contributed by atoms with Crippen molar-refractivity contribution in [3.05, 3.63) is 34.3 Å². The average Bonchev–Trinajstić information content (AvgIpc) is 2.43. The van der Waals surface area contributed by atoms with Crippen molar-refractivity contribution in [2.24, 2.45) is 5.92 Å². The molecular weight excluding hydrogens is 362 g/mol. The standard InChI is InChI=1S/C17H24BrNO4/c1-11(19-16(21)23-17(2,3)4)13(15(20)22-5)10-12-8-6-7-9-14(12)18/h6-9,11,13H,10H2,1-5H3,(H,19,21)/t11-,13-/m1/s1. The lowest BCUT2D eigenvalue weighted by Gasteiger charge is -2.26. The van der Waals surface area contributed by atoms with Crippen molar-refractivity contribution in [3.63, 3.8) is 0 Å². The maximum atomic E-state index is 12.1. The smallest absolute Gasteiger partial charge is 0.407 e. The average molecular weight is 386 g/mol. The van der Waals surface area contributed by atoms with E-state index >= 15 is 0 Å². The van der Waals surface area contributed by atoms with Gasteiger partial charge in [0.25, 0.3) is 0 Å². The molecule has 1 rings (SSSR count). The van der Waals surface area contributed by atoms with E-state index < -0.39 is 23.7 Å². The first-order valence-electron chi connectivity index (χ1n) is 7.45. The van der Waals surface area contributed by atoms with Crippen molar-refractivity contribution >= 4 is 28.0 Å². The number of carbonyl (C=O) groups is 2. The summed E-state index contributed by atoms with van der Waals surface area (Å²) in [5.41, 5.74) is 0.383. The van der Waals surface area contributed by atoms with Crippen molar-refractivity contribution in [1.82, 2.24) is 5.32 Å². The Hall–Kier alpha value is -1.56. The third-order valence-electron chi connectivity index (χ3n) is 3.25. The molecular formula is C17H24BrNO4. The molecule has 0 saturated heterocycles. The normalized spacial score (nSPS) is 13.8. The fraction of sp³-hybridized carbons (Fsp3) is 0.529. The number of hydrogen-bond acceptors (Lipinski definition) is 4. The van der Waals surface area contributed by atoms with Crippen molar-refractivity contribution in [1.29, 1.82) is 0 Å². The van der Waals surface area contributed by atoms with Gasteiger partial charge in [0.15, 0.2) is 0 Å². The van der Waals surface area contributed by atoms with Gasteiger partial charge in [-0.1, -0.05) is 34.1 Å². The fourth-order valence-electron chi connectivity index (χ4n) is 2.11. The maximum absolute atomic E-state index is 12.1. The first kappa shape index (κ1) is 19.5. The number of carbonyl (C=O) groups excluding carboxylic acids is 2. The van der Waals surface area contributed by atoms with Gasteiger partial charge in [0.05, 0.1) is 13.0 Å². The first-order valence-corrected chi connectivity index (χ1v) is 8.24. The minimum Gasteiger partial charge on any atom is -0.469 e. The molecule has 0 heterocycles. The van der Waals surface area contributed by atoms with Crippen LogP contribution in [0.1, 0.15) is 33.3 Å². The van der Waals surface area contributed by atoms with Gasteiger partial charge in [-0.05, 0) is 45.7 Å². The molecule has 0 aliphatic rings. The van der Waals surface area contributed by atoms with Gasteiger partial charge in [0.2, 0.25) is 0 Å². The molecule has 1 N–H and O–H groups in total. The molecule has 5 nitrogen and oxygen atoms in total. The molecule has 0 bridgehead atoms. The largest absolute Gasteiger partial charge is 0.469 e. The number of amides is 1. The Morgan fingerprint density at radius 1 is 1.26 bits per heavy atom. The van der Waals surface area contributed by atoms with Crippen LogP contribution >= 0.6 is 15.9 Å². The monoisotopic (exact) mass is 385 g/mol. The summed E-state index contributed by atoms with van der Waals surface area (Å²) in [4.78, 5) is 24.0. The van der Waals surface area contributed by atoms with Crippen LogP contribution in [-0.2, 0) is 20.7 Å². The second kappa shape index (κ2) is 8.34. The summed E-state index contributed by atoms with van der Waals surface area (Å²) >= 11 is 3.47. The first-order chi connectivity index (χ1) is 10.6. The molecule has 2 atom stereocenters. The molecule has 6 heteroatoms. The zero-order valence-electron chi connectivity index (χ0n) is 14.2. The summed E-state index contributed by atoms with van der Waals surface area (Å²) in [6.07, 6.45) is -0.101. The van der Waals surface area contributed by atoms with Gasteiger partial charge in [-0.15, -0.1) is 0 Å². The van der Waals surface area contributed by atoms with Crippen LogP contribution in [0.4, 0.5) is 4.79 Å². The summed E-state index contributed by atoms with van der Waals surface area (Å²) in [5, 5.41) is 2.71. The number of hydrogen-bond donors (Lipinski definition) is 1. The zero-order valence-corrected chi connectivity index (χ0v) is 15.8. The highest BCUT2D eigenvalue weighted by Crippen LogP contribution is 2.22. The van der Waals surface area contributed by atoms with E-state index in [9.17, 15) is 9.59 Å². The van der Waals surface area contributed by atoms with Crippen LogP contribution in [0, 0.1) is 5.92 Å². The quantitative estimate of drug-likeness (QED) is 0.784. The van der Waals surface area contributed by atoms with Crippen molar-refractivity contribution in [2.75, 3.05) is 7.11 Å². The number of methoxy groups -OCH3 is 1. The molecule has 23 heavy (non-hydrogen) atoms. The van der Waals surface area contributed by atoms with Crippen LogP contribution in [0.15, 0.2) is 28.7 Å². The highest BCUT2D eigenvalue weighted by molar-refractivity contribution is 9.10. The summed E-state index contributed by atoms with van der Waals surface area (Å²) in [6, 6.07) is 7.23. The summed E-state index contributed by atoms with van der Waals surface area (Å²) < 4.78 is 11.0. The predicted molar refractivity (Wildman–Crippen MR) is 92.2 cm³/mol. The number of ether oxygens (including phenoxy) is 2. The van der Waals surface area contributed by atoms with E-state index in [1.807, 2.05) is 24.3 Å². The molecule has 1 aromatic rings. The van der Waals surface area contributed by atoms with Crippen molar-refractivity contribution < 1.29 is 19.1 Å². The number of benzene rings is 1. The van der Waals surface area contributed by atoms with Crippen molar-refractivity contribution in [3.8, 4) is 0 Å². The Kier molecular flexibility index (Phi) is 7.06. The minimum atomic E-state index is -0.590. The van der Waals surface area contributed by atoms with E-state index in [4.69, 9.17) is 9.47 Å². The Morgan fingerprint density at radius 3 is 2.39 bits per heavy atom. The number of alkyl carbamates (subject to hydrolysis) is 1. The van der Waals surface area contributed by atoms with E-state index in [0.29, 0.717) is 6.42 Å². The van der Waals surface area contributed by atoms with Crippen LogP contribution in [-0.4, -0.2) is 30.8 Å². The van der Waals surface area contributed by atoms with E-state index in [1.165, 1.54) is 7.11 Å². The number of rotatable bonds is 5. The molecule has 128 valence electrons. The van der Waals surface area contributed by atoms with Crippen LogP contribution in [0.5, 0.6) is 0 Å². The Labute approximate surface area is 145 Å². The zero-order chi connectivity index (χ0) is 17.6. The van der Waals surface area contributed by atoms with E-state index in [0.717, 1.165) is 10.0 Å². The molecule has 1 amide bonds. The van der Waals surface area contributed by atoms with E-state index in [2.05, 4.69) is 21.2 Å². The lowest BCUT2D eigenvalue weighted by molar-refractivity contribution is -0.146. The molecule has 0 radical (unpaired) electrons. The second-order valence-electron chi connectivity index (χ2n) is 6.36. The van der Waals surface area contributed by atoms with E-state index in [1.54, 1.807) is 27.7 Å². The molecule has 0 aliphatic carbocycles. The fourth-order valence-corrected chi connectivity index (χ4v) is 2.56. The lowest BCUT2D eigenvalue weighted by atomic mass is 9.93. The second-order valence-corrected chi connectivity index (χ2v) is 7.21. The highest BCUT2D eigenvalue weighted by Gasteiger charge is 2.29. The van der Waals surface area contributed by atoms with Gasteiger partial charge in [0.1, 0.15) is 5.60 Å². The van der Waals surface area contributed by atoms with Crippen molar-refractivity contribution in [2.45, 2.75) is 45.8 Å². The number of esters is 1. The molecule has 0 aromatic heterocycles. The van der Waals surface area contributed by atoms with Gasteiger partial charge in [-0.25, -0.2) is 4.79 Å². The molecule has 0 unspecified atom stereocenters. The van der Waals surface area contributed by atoms with Gasteiger partial charge in [0, 0.05) is 10.5 Å². The topological polar surface area (TPSA) is 64.6 Å². The van der Waals surface area contributed by atoms with Crippen LogP contribution in [0.25, 0.3) is 0 Å². The molecule has 1 aromatic carbocycles. The highest BCUT2D eigenvalue weighted by atomic mass is 79.9. The molecule has 0 spiro atoms. The summed E-state index contributed by atoms with van der Waals surface area (Å²) in [6.45, 7) is 7.13. The Morgan fingerprint density at radius 2 is 1.87 bits per heavy atom. The predicted octanol–water partition coefficient (Wildman–Crippen LogP) is 3.69. The molecule has 0 saturated carbocycles. The number of halogens is 1. The molecule has 0 fully saturated rings. The van der Waals surface area contributed by atoms with Gasteiger partial charge >= 0.3 is 12.1 Å². The summed E-state index contributed by atoms with van der Waals surface area (Å²) in [5.74, 6) is -0.879. The van der Waals surface area contributed by atoms with Crippen LogP contribution in [0.3, 0.4) is 0 Å². The minimum absolute atomic E-state index is 0.371. The number of nitrogens with one attached hydrogen (secondary N) is 1. The third-order valence-corrected chi connectivity index (χ3v) is 4.02. The van der Waals surface area contributed by atoms with Gasteiger partial charge in [-0.3, -0.25) is 4.79 Å². The van der Waals surface area contributed by atoms with E-state index in [-0.39, 0.29) is 5.97 Å². The Bertz CT molecular complexity index is 554. The third kappa shape index (κ3) is 6.60. The van der Waals surface area contributed by atoms with Crippen LogP contribution in [0.2, 0.25) is 0 Å². The summed E-state index contributed by atoms with van der Waals surface area (Å²) in [7, 11) is 1.34. The van der Waals surface area contributed by atoms with Gasteiger partial charge < -0.3 is 14.8 Å². The molecule has 0 aliphatic heterocycles. The van der Waals surface area contributed by atoms with Gasteiger partial charge in [-0.2, -0.15) is 0 Å².